The first-order chi connectivity index (χ1) is 10.6. The smallest absolute Gasteiger partial charge is 0.226 e. The van der Waals surface area contributed by atoms with Crippen molar-refractivity contribution in [3.05, 3.63) is 28.8 Å². The first-order valence-corrected chi connectivity index (χ1v) is 8.03. The number of hydrogen-bond acceptors (Lipinski definition) is 2. The van der Waals surface area contributed by atoms with Gasteiger partial charge in [0, 0.05) is 36.8 Å². The van der Waals surface area contributed by atoms with Crippen molar-refractivity contribution in [2.45, 2.75) is 33.6 Å². The van der Waals surface area contributed by atoms with Gasteiger partial charge in [0.05, 0.1) is 0 Å². The van der Waals surface area contributed by atoms with Gasteiger partial charge in [0.2, 0.25) is 5.91 Å². The molecule has 0 radical (unpaired) electrons. The minimum atomic E-state index is -0.0517. The van der Waals surface area contributed by atoms with Crippen LogP contribution in [0.4, 0.5) is 5.69 Å². The van der Waals surface area contributed by atoms with Gasteiger partial charge >= 0.3 is 0 Å². The molecule has 5 nitrogen and oxygen atoms in total. The highest BCUT2D eigenvalue weighted by atomic mass is 127. The molecule has 0 bridgehead atoms. The summed E-state index contributed by atoms with van der Waals surface area (Å²) in [5.41, 5.74) is 1.63. The molecule has 1 amide bonds. The van der Waals surface area contributed by atoms with Crippen LogP contribution in [0.2, 0.25) is 5.02 Å². The van der Waals surface area contributed by atoms with E-state index in [9.17, 15) is 4.79 Å². The van der Waals surface area contributed by atoms with Gasteiger partial charge in [-0.3, -0.25) is 9.79 Å². The van der Waals surface area contributed by atoms with Crippen LogP contribution in [0.15, 0.2) is 23.2 Å². The number of anilines is 1. The molecule has 0 aromatic heterocycles. The number of hydrogen-bond donors (Lipinski definition) is 3. The predicted molar refractivity (Wildman–Crippen MR) is 109 cm³/mol. The van der Waals surface area contributed by atoms with Crippen LogP contribution in [0.25, 0.3) is 0 Å². The zero-order chi connectivity index (χ0) is 16.4. The number of aliphatic imine (C=N–C) groups is 1. The highest BCUT2D eigenvalue weighted by molar-refractivity contribution is 14.0. The van der Waals surface area contributed by atoms with Gasteiger partial charge in [0.15, 0.2) is 5.96 Å². The molecule has 0 saturated carbocycles. The SMILES string of the molecule is CCCN=C(NCC)NCCC(=O)Nc1cccc(Cl)c1C.I. The average molecular weight is 453 g/mol. The standard InChI is InChI=1S/C16H25ClN4O.HI/c1-4-10-19-16(18-5-2)20-11-9-15(22)21-14-8-6-7-13(17)12(14)3;/h6-8H,4-5,9-11H2,1-3H3,(H,21,22)(H2,18,19,20);1H. The first kappa shape index (κ1) is 22.0. The van der Waals surface area contributed by atoms with Crippen molar-refractivity contribution in [1.29, 1.82) is 0 Å². The third-order valence-corrected chi connectivity index (χ3v) is 3.43. The Labute approximate surface area is 160 Å². The van der Waals surface area contributed by atoms with Crippen LogP contribution >= 0.6 is 35.6 Å². The second-order valence-corrected chi connectivity index (χ2v) is 5.31. The van der Waals surface area contributed by atoms with E-state index in [-0.39, 0.29) is 29.9 Å². The Hall–Kier alpha value is -1.02. The Morgan fingerprint density at radius 2 is 2.00 bits per heavy atom. The zero-order valence-electron chi connectivity index (χ0n) is 13.9. The van der Waals surface area contributed by atoms with Gasteiger partial charge in [-0.2, -0.15) is 0 Å². The van der Waals surface area contributed by atoms with Crippen LogP contribution in [0.3, 0.4) is 0 Å². The van der Waals surface area contributed by atoms with Gasteiger partial charge in [0.1, 0.15) is 0 Å². The molecule has 0 spiro atoms. The topological polar surface area (TPSA) is 65.5 Å². The largest absolute Gasteiger partial charge is 0.357 e. The minimum Gasteiger partial charge on any atom is -0.357 e. The van der Waals surface area contributed by atoms with Crippen molar-refractivity contribution < 1.29 is 4.79 Å². The summed E-state index contributed by atoms with van der Waals surface area (Å²) in [6.07, 6.45) is 1.35. The van der Waals surface area contributed by atoms with E-state index in [1.165, 1.54) is 0 Å². The van der Waals surface area contributed by atoms with Gasteiger partial charge in [-0.05, 0) is 38.0 Å². The van der Waals surface area contributed by atoms with E-state index in [0.29, 0.717) is 18.0 Å². The van der Waals surface area contributed by atoms with Crippen molar-refractivity contribution in [2.24, 2.45) is 4.99 Å². The molecule has 0 saturated heterocycles. The summed E-state index contributed by atoms with van der Waals surface area (Å²) in [6.45, 7) is 8.07. The number of nitrogens with zero attached hydrogens (tertiary/aromatic N) is 1. The van der Waals surface area contributed by atoms with Crippen LogP contribution < -0.4 is 16.0 Å². The molecular formula is C16H26ClIN4O. The highest BCUT2D eigenvalue weighted by Gasteiger charge is 2.07. The highest BCUT2D eigenvalue weighted by Crippen LogP contribution is 2.22. The summed E-state index contributed by atoms with van der Waals surface area (Å²) in [5.74, 6) is 0.695. The van der Waals surface area contributed by atoms with E-state index in [1.807, 2.05) is 26.0 Å². The molecule has 0 aliphatic carbocycles. The van der Waals surface area contributed by atoms with Gasteiger partial charge in [-0.25, -0.2) is 0 Å². The van der Waals surface area contributed by atoms with Crippen LogP contribution in [-0.2, 0) is 4.79 Å². The van der Waals surface area contributed by atoms with Crippen molar-refractivity contribution in [3.63, 3.8) is 0 Å². The molecule has 1 aromatic rings. The lowest BCUT2D eigenvalue weighted by Crippen LogP contribution is -2.38. The maximum atomic E-state index is 12.0. The molecule has 1 rings (SSSR count). The van der Waals surface area contributed by atoms with E-state index >= 15 is 0 Å². The Kier molecular flexibility index (Phi) is 11.9. The number of benzene rings is 1. The first-order valence-electron chi connectivity index (χ1n) is 7.65. The molecule has 0 heterocycles. The Bertz CT molecular complexity index is 523. The third-order valence-electron chi connectivity index (χ3n) is 3.02. The molecule has 0 aliphatic rings. The molecule has 0 unspecified atom stereocenters. The van der Waals surface area contributed by atoms with E-state index in [0.717, 1.165) is 36.7 Å². The second kappa shape index (κ2) is 12.4. The number of nitrogens with one attached hydrogen (secondary N) is 3. The van der Waals surface area contributed by atoms with Crippen molar-refractivity contribution in [1.82, 2.24) is 10.6 Å². The van der Waals surface area contributed by atoms with Crippen molar-refractivity contribution in [3.8, 4) is 0 Å². The molecule has 130 valence electrons. The Balaban J connectivity index is 0.00000484. The van der Waals surface area contributed by atoms with E-state index < -0.39 is 0 Å². The molecule has 0 aliphatic heterocycles. The quantitative estimate of drug-likeness (QED) is 0.337. The summed E-state index contributed by atoms with van der Waals surface area (Å²) >= 11 is 6.04. The Morgan fingerprint density at radius 3 is 2.65 bits per heavy atom. The van der Waals surface area contributed by atoms with Crippen LogP contribution in [0.1, 0.15) is 32.3 Å². The molecular weight excluding hydrogens is 427 g/mol. The molecule has 7 heteroatoms. The molecule has 23 heavy (non-hydrogen) atoms. The van der Waals surface area contributed by atoms with E-state index in [1.54, 1.807) is 6.07 Å². The van der Waals surface area contributed by atoms with Gasteiger partial charge in [-0.1, -0.05) is 24.6 Å². The fourth-order valence-corrected chi connectivity index (χ4v) is 1.99. The summed E-state index contributed by atoms with van der Waals surface area (Å²) in [6, 6.07) is 5.48. The number of amides is 1. The maximum Gasteiger partial charge on any atom is 0.226 e. The third kappa shape index (κ3) is 8.41. The maximum absolute atomic E-state index is 12.0. The molecule has 0 atom stereocenters. The summed E-state index contributed by atoms with van der Waals surface area (Å²) < 4.78 is 0. The van der Waals surface area contributed by atoms with E-state index in [4.69, 9.17) is 11.6 Å². The molecule has 3 N–H and O–H groups in total. The fraction of sp³-hybridized carbons (Fsp3) is 0.500. The number of halogens is 2. The minimum absolute atomic E-state index is 0. The number of rotatable bonds is 7. The van der Waals surface area contributed by atoms with Crippen LogP contribution in [0.5, 0.6) is 0 Å². The van der Waals surface area contributed by atoms with Crippen molar-refractivity contribution >= 4 is 53.1 Å². The lowest BCUT2D eigenvalue weighted by Gasteiger charge is -2.12. The molecule has 0 fully saturated rings. The lowest BCUT2D eigenvalue weighted by molar-refractivity contribution is -0.116. The van der Waals surface area contributed by atoms with Crippen LogP contribution in [-0.4, -0.2) is 31.5 Å². The zero-order valence-corrected chi connectivity index (χ0v) is 17.0. The Morgan fingerprint density at radius 1 is 1.26 bits per heavy atom. The predicted octanol–water partition coefficient (Wildman–Crippen LogP) is 3.56. The van der Waals surface area contributed by atoms with Crippen molar-refractivity contribution in [2.75, 3.05) is 25.0 Å². The fourth-order valence-electron chi connectivity index (χ4n) is 1.82. The summed E-state index contributed by atoms with van der Waals surface area (Å²) in [4.78, 5) is 16.4. The summed E-state index contributed by atoms with van der Waals surface area (Å²) in [7, 11) is 0. The summed E-state index contributed by atoms with van der Waals surface area (Å²) in [5, 5.41) is 9.82. The molecule has 1 aromatic carbocycles. The number of guanidine groups is 1. The average Bonchev–Trinajstić information content (AvgIpc) is 2.49. The van der Waals surface area contributed by atoms with Gasteiger partial charge in [0.25, 0.3) is 0 Å². The van der Waals surface area contributed by atoms with E-state index in [2.05, 4.69) is 27.9 Å². The second-order valence-electron chi connectivity index (χ2n) is 4.90. The van der Waals surface area contributed by atoms with Gasteiger partial charge < -0.3 is 16.0 Å². The van der Waals surface area contributed by atoms with Gasteiger partial charge in [-0.15, -0.1) is 24.0 Å². The monoisotopic (exact) mass is 452 g/mol. The normalized spacial score (nSPS) is 10.7. The number of carbonyl (C=O) groups excluding carboxylic acids is 1. The lowest BCUT2D eigenvalue weighted by atomic mass is 10.2. The van der Waals surface area contributed by atoms with Crippen LogP contribution in [0, 0.1) is 6.92 Å². The number of carbonyl (C=O) groups is 1.